The molecule has 1 aromatic carbocycles. The summed E-state index contributed by atoms with van der Waals surface area (Å²) in [6.45, 7) is 3.11. The molecule has 2 N–H and O–H groups in total. The number of nitrogens with zero attached hydrogens (tertiary/aromatic N) is 1. The first-order chi connectivity index (χ1) is 7.84. The Morgan fingerprint density at radius 1 is 1.29 bits per heavy atom. The van der Waals surface area contributed by atoms with Gasteiger partial charge in [-0.1, -0.05) is 0 Å². The molecule has 0 spiro atoms. The van der Waals surface area contributed by atoms with Crippen molar-refractivity contribution in [1.82, 2.24) is 5.43 Å². The molecule has 0 atom stereocenters. The first-order valence-electron chi connectivity index (χ1n) is 4.91. The minimum absolute atomic E-state index is 0.110. The molecule has 1 aliphatic rings. The average molecular weight is 240 g/mol. The highest BCUT2D eigenvalue weighted by atomic mass is 19.1. The van der Waals surface area contributed by atoms with E-state index in [1.807, 2.05) is 0 Å². The highest BCUT2D eigenvalue weighted by Gasteiger charge is 2.40. The summed E-state index contributed by atoms with van der Waals surface area (Å²) in [4.78, 5) is 11.5. The van der Waals surface area contributed by atoms with Crippen molar-refractivity contribution in [3.8, 4) is 5.75 Å². The van der Waals surface area contributed by atoms with E-state index in [2.05, 4.69) is 10.5 Å². The minimum Gasteiger partial charge on any atom is -0.505 e. The molecular weight excluding hydrogens is 230 g/mol. The zero-order valence-electron chi connectivity index (χ0n) is 9.21. The summed E-state index contributed by atoms with van der Waals surface area (Å²) in [5, 5.41) is 12.7. The first-order valence-corrected chi connectivity index (χ1v) is 4.91. The third-order valence-electron chi connectivity index (χ3n) is 2.72. The molecule has 0 radical (unpaired) electrons. The Morgan fingerprint density at radius 2 is 1.94 bits per heavy atom. The maximum absolute atomic E-state index is 13.6. The average Bonchev–Trinajstić information content (AvgIpc) is 2.49. The number of benzene rings is 1. The Morgan fingerprint density at radius 3 is 2.47 bits per heavy atom. The Hall–Kier alpha value is -1.98. The number of rotatable bonds is 1. The molecule has 0 bridgehead atoms. The van der Waals surface area contributed by atoms with Crippen LogP contribution in [-0.4, -0.2) is 16.7 Å². The molecule has 6 heteroatoms. The number of nitrogens with one attached hydrogen (secondary N) is 1. The number of carbonyl (C=O) groups is 1. The summed E-state index contributed by atoms with van der Waals surface area (Å²) >= 11 is 0. The zero-order valence-corrected chi connectivity index (χ0v) is 9.21. The minimum atomic E-state index is -1.04. The molecule has 0 aliphatic carbocycles. The van der Waals surface area contributed by atoms with E-state index < -0.39 is 22.8 Å². The van der Waals surface area contributed by atoms with Crippen LogP contribution in [0.4, 0.5) is 8.78 Å². The summed E-state index contributed by atoms with van der Waals surface area (Å²) in [5.74, 6) is -2.95. The third-order valence-corrected chi connectivity index (χ3v) is 2.72. The smallest absolute Gasteiger partial charge is 0.251 e. The van der Waals surface area contributed by atoms with Gasteiger partial charge in [0.2, 0.25) is 0 Å². The van der Waals surface area contributed by atoms with Crippen molar-refractivity contribution in [2.24, 2.45) is 10.5 Å². The maximum atomic E-state index is 13.6. The highest BCUT2D eigenvalue weighted by molar-refractivity contribution is 6.19. The lowest BCUT2D eigenvalue weighted by Crippen LogP contribution is -2.33. The number of hydrogen-bond donors (Lipinski definition) is 2. The Kier molecular flexibility index (Phi) is 2.38. The number of phenols is 1. The molecule has 90 valence electrons. The normalized spacial score (nSPS) is 17.9. The van der Waals surface area contributed by atoms with Gasteiger partial charge in [0, 0.05) is 11.6 Å². The molecule has 1 heterocycles. The molecule has 0 unspecified atom stereocenters. The molecule has 0 fully saturated rings. The van der Waals surface area contributed by atoms with Crippen LogP contribution in [0.5, 0.6) is 5.75 Å². The number of phenolic OH excluding ortho intramolecular Hbond substituents is 1. The second-order valence-electron chi connectivity index (χ2n) is 4.31. The molecule has 1 aromatic rings. The zero-order chi connectivity index (χ0) is 12.8. The van der Waals surface area contributed by atoms with Crippen LogP contribution in [0.25, 0.3) is 0 Å². The number of halogens is 2. The first kappa shape index (κ1) is 11.5. The van der Waals surface area contributed by atoms with Gasteiger partial charge >= 0.3 is 0 Å². The van der Waals surface area contributed by atoms with Crippen LogP contribution in [-0.2, 0) is 4.79 Å². The van der Waals surface area contributed by atoms with Gasteiger partial charge in [-0.05, 0) is 19.9 Å². The van der Waals surface area contributed by atoms with Crippen molar-refractivity contribution in [2.45, 2.75) is 13.8 Å². The lowest BCUT2D eigenvalue weighted by atomic mass is 9.83. The Bertz CT molecular complexity index is 539. The lowest BCUT2D eigenvalue weighted by molar-refractivity contribution is -0.125. The van der Waals surface area contributed by atoms with Crippen LogP contribution >= 0.6 is 0 Å². The van der Waals surface area contributed by atoms with Crippen LogP contribution < -0.4 is 5.43 Å². The van der Waals surface area contributed by atoms with E-state index in [0.29, 0.717) is 6.07 Å². The molecule has 1 amide bonds. The fourth-order valence-corrected chi connectivity index (χ4v) is 1.61. The fourth-order valence-electron chi connectivity index (χ4n) is 1.61. The van der Waals surface area contributed by atoms with Crippen LogP contribution in [0.3, 0.4) is 0 Å². The van der Waals surface area contributed by atoms with Crippen LogP contribution in [0, 0.1) is 17.0 Å². The van der Waals surface area contributed by atoms with Crippen molar-refractivity contribution < 1.29 is 18.7 Å². The van der Waals surface area contributed by atoms with Crippen molar-refractivity contribution in [3.05, 3.63) is 29.3 Å². The topological polar surface area (TPSA) is 61.7 Å². The molecule has 4 nitrogen and oxygen atoms in total. The number of carbonyl (C=O) groups excluding carboxylic acids is 1. The maximum Gasteiger partial charge on any atom is 0.251 e. The molecule has 1 aliphatic heterocycles. The van der Waals surface area contributed by atoms with Gasteiger partial charge in [0.15, 0.2) is 11.6 Å². The monoisotopic (exact) mass is 240 g/mol. The quantitative estimate of drug-likeness (QED) is 0.782. The molecule has 17 heavy (non-hydrogen) atoms. The van der Waals surface area contributed by atoms with Gasteiger partial charge in [-0.25, -0.2) is 14.2 Å². The van der Waals surface area contributed by atoms with Gasteiger partial charge in [0.05, 0.1) is 11.1 Å². The van der Waals surface area contributed by atoms with Gasteiger partial charge in [-0.2, -0.15) is 5.10 Å². The largest absolute Gasteiger partial charge is 0.505 e. The number of hydrogen-bond acceptors (Lipinski definition) is 3. The van der Waals surface area contributed by atoms with E-state index in [4.69, 9.17) is 5.11 Å². The van der Waals surface area contributed by atoms with Gasteiger partial charge in [0.1, 0.15) is 5.82 Å². The number of aromatic hydroxyl groups is 1. The Labute approximate surface area is 96.0 Å². The van der Waals surface area contributed by atoms with E-state index in [1.165, 1.54) is 0 Å². The van der Waals surface area contributed by atoms with E-state index in [-0.39, 0.29) is 17.2 Å². The van der Waals surface area contributed by atoms with Crippen molar-refractivity contribution in [1.29, 1.82) is 0 Å². The van der Waals surface area contributed by atoms with Gasteiger partial charge in [0.25, 0.3) is 5.91 Å². The van der Waals surface area contributed by atoms with Gasteiger partial charge in [-0.3, -0.25) is 4.79 Å². The third kappa shape index (κ3) is 1.65. The second kappa shape index (κ2) is 3.51. The summed E-state index contributed by atoms with van der Waals surface area (Å²) in [5.41, 5.74) is 1.15. The Balaban J connectivity index is 2.56. The van der Waals surface area contributed by atoms with E-state index in [0.717, 1.165) is 6.07 Å². The van der Waals surface area contributed by atoms with Gasteiger partial charge < -0.3 is 5.11 Å². The van der Waals surface area contributed by atoms with E-state index in [9.17, 15) is 13.6 Å². The summed E-state index contributed by atoms with van der Waals surface area (Å²) < 4.78 is 26.8. The van der Waals surface area contributed by atoms with Crippen LogP contribution in [0.1, 0.15) is 19.4 Å². The SMILES string of the molecule is CC1(C)C(=O)NN=C1c1cc(F)c(O)cc1F. The molecule has 0 saturated carbocycles. The summed E-state index contributed by atoms with van der Waals surface area (Å²) in [7, 11) is 0. The van der Waals surface area contributed by atoms with Crippen molar-refractivity contribution >= 4 is 11.6 Å². The molecule has 0 saturated heterocycles. The highest BCUT2D eigenvalue weighted by Crippen LogP contribution is 2.30. The van der Waals surface area contributed by atoms with Crippen LogP contribution in [0.2, 0.25) is 0 Å². The predicted octanol–water partition coefficient (Wildman–Crippen LogP) is 1.53. The molecule has 2 rings (SSSR count). The summed E-state index contributed by atoms with van der Waals surface area (Å²) in [6.07, 6.45) is 0. The van der Waals surface area contributed by atoms with Crippen molar-refractivity contribution in [2.75, 3.05) is 0 Å². The number of amides is 1. The number of hydrazone groups is 1. The fraction of sp³-hybridized carbons (Fsp3) is 0.273. The predicted molar refractivity (Wildman–Crippen MR) is 56.5 cm³/mol. The van der Waals surface area contributed by atoms with E-state index in [1.54, 1.807) is 13.8 Å². The van der Waals surface area contributed by atoms with Crippen LogP contribution in [0.15, 0.2) is 17.2 Å². The molecule has 0 aromatic heterocycles. The van der Waals surface area contributed by atoms with Gasteiger partial charge in [-0.15, -0.1) is 0 Å². The van der Waals surface area contributed by atoms with Crippen molar-refractivity contribution in [3.63, 3.8) is 0 Å². The second-order valence-corrected chi connectivity index (χ2v) is 4.31. The lowest BCUT2D eigenvalue weighted by Gasteiger charge is -2.17. The molecular formula is C11H10F2N2O2. The summed E-state index contributed by atoms with van der Waals surface area (Å²) in [6, 6.07) is 1.48. The standard InChI is InChI=1S/C11H10F2N2O2/c1-11(2)9(14-15-10(11)17)5-3-7(13)8(16)4-6(5)12/h3-4,16H,1-2H3,(H,15,17). The van der Waals surface area contributed by atoms with E-state index >= 15 is 0 Å².